The van der Waals surface area contributed by atoms with Crippen molar-refractivity contribution < 1.29 is 23.8 Å². The molecule has 41 heavy (non-hydrogen) atoms. The van der Waals surface area contributed by atoms with E-state index in [1.807, 2.05) is 23.0 Å². The van der Waals surface area contributed by atoms with E-state index in [2.05, 4.69) is 59.1 Å². The lowest BCUT2D eigenvalue weighted by molar-refractivity contribution is -0.150. The first kappa shape index (κ1) is 27.5. The number of benzene rings is 1. The van der Waals surface area contributed by atoms with Crippen molar-refractivity contribution in [3.63, 3.8) is 0 Å². The van der Waals surface area contributed by atoms with Gasteiger partial charge in [0.15, 0.2) is 6.10 Å². The second-order valence-corrected chi connectivity index (χ2v) is 11.6. The third-order valence-electron chi connectivity index (χ3n) is 8.97. The molecular weight excluding hydrogens is 522 g/mol. The van der Waals surface area contributed by atoms with Crippen LogP contribution in [0.1, 0.15) is 32.3 Å². The van der Waals surface area contributed by atoms with E-state index in [0.717, 1.165) is 66.9 Å². The lowest BCUT2D eigenvalue weighted by atomic mass is 9.72. The Morgan fingerprint density at radius 2 is 1.68 bits per heavy atom. The smallest absolute Gasteiger partial charge is 0.410 e. The molecule has 0 N–H and O–H groups in total. The number of carbonyl (C=O) groups is 2. The van der Waals surface area contributed by atoms with Crippen LogP contribution in [0.5, 0.6) is 0 Å². The maximum absolute atomic E-state index is 13.1. The van der Waals surface area contributed by atoms with Crippen LogP contribution < -0.4 is 4.90 Å². The Labute approximate surface area is 240 Å². The highest BCUT2D eigenvalue weighted by atomic mass is 16.6. The lowest BCUT2D eigenvalue weighted by Crippen LogP contribution is -2.51. The summed E-state index contributed by atoms with van der Waals surface area (Å²) in [7, 11) is 1.49. The number of likely N-dealkylation sites (tertiary alicyclic amines) is 1. The molecule has 3 saturated heterocycles. The molecule has 10 nitrogen and oxygen atoms in total. The van der Waals surface area contributed by atoms with Crippen molar-refractivity contribution >= 4 is 23.3 Å². The molecule has 3 aromatic rings. The SMILES string of the molecule is COC(=O)C1(c2ccc(-c3cc4c(N5CCN(C(=O)OC6COC6)CC5)ccnn4c3)cc2)CCN(C(C)C)CC1. The zero-order chi connectivity index (χ0) is 28.6. The Morgan fingerprint density at radius 1 is 0.976 bits per heavy atom. The number of hydrogen-bond acceptors (Lipinski definition) is 8. The van der Waals surface area contributed by atoms with E-state index < -0.39 is 5.41 Å². The molecule has 0 saturated carbocycles. The molecule has 10 heteroatoms. The van der Waals surface area contributed by atoms with Gasteiger partial charge in [-0.25, -0.2) is 9.31 Å². The van der Waals surface area contributed by atoms with Gasteiger partial charge in [0.25, 0.3) is 0 Å². The topological polar surface area (TPSA) is 88.8 Å². The molecule has 1 aromatic carbocycles. The highest BCUT2D eigenvalue weighted by Crippen LogP contribution is 2.38. The molecule has 1 amide bonds. The number of methoxy groups -OCH3 is 1. The van der Waals surface area contributed by atoms with Gasteiger partial charge in [-0.2, -0.15) is 5.10 Å². The molecule has 3 fully saturated rings. The molecule has 5 heterocycles. The average Bonchev–Trinajstić information content (AvgIpc) is 3.43. The Morgan fingerprint density at radius 3 is 2.29 bits per heavy atom. The van der Waals surface area contributed by atoms with E-state index in [1.54, 1.807) is 4.90 Å². The number of piperazine rings is 1. The predicted octanol–water partition coefficient (Wildman–Crippen LogP) is 3.57. The second-order valence-electron chi connectivity index (χ2n) is 11.6. The van der Waals surface area contributed by atoms with Crippen LogP contribution in [0, 0.1) is 0 Å². The van der Waals surface area contributed by atoms with Crippen molar-refractivity contribution in [3.05, 3.63) is 54.4 Å². The van der Waals surface area contributed by atoms with Gasteiger partial charge in [-0.3, -0.25) is 4.79 Å². The van der Waals surface area contributed by atoms with Crippen LogP contribution in [0.3, 0.4) is 0 Å². The highest BCUT2D eigenvalue weighted by molar-refractivity contribution is 5.84. The van der Waals surface area contributed by atoms with Crippen LogP contribution in [0.4, 0.5) is 10.5 Å². The summed E-state index contributed by atoms with van der Waals surface area (Å²) < 4.78 is 17.8. The third kappa shape index (κ3) is 5.26. The van der Waals surface area contributed by atoms with E-state index in [1.165, 1.54) is 7.11 Å². The fourth-order valence-electron chi connectivity index (χ4n) is 6.26. The summed E-state index contributed by atoms with van der Waals surface area (Å²) in [6, 6.07) is 13.0. The first-order valence-electron chi connectivity index (χ1n) is 14.6. The van der Waals surface area contributed by atoms with Gasteiger partial charge in [0.1, 0.15) is 0 Å². The molecule has 0 spiro atoms. The van der Waals surface area contributed by atoms with Crippen molar-refractivity contribution in [2.75, 3.05) is 64.5 Å². The summed E-state index contributed by atoms with van der Waals surface area (Å²) in [5.41, 5.74) is 4.63. The van der Waals surface area contributed by atoms with Gasteiger partial charge < -0.3 is 28.9 Å². The van der Waals surface area contributed by atoms with Crippen molar-refractivity contribution in [3.8, 4) is 11.1 Å². The molecule has 3 aliphatic heterocycles. The molecule has 0 bridgehead atoms. The average molecular weight is 562 g/mol. The molecular formula is C31H39N5O5. The fourth-order valence-corrected chi connectivity index (χ4v) is 6.26. The van der Waals surface area contributed by atoms with Gasteiger partial charge in [0.2, 0.25) is 0 Å². The van der Waals surface area contributed by atoms with Crippen LogP contribution in [0.15, 0.2) is 48.8 Å². The number of carbonyl (C=O) groups excluding carboxylic acids is 2. The summed E-state index contributed by atoms with van der Waals surface area (Å²) >= 11 is 0. The van der Waals surface area contributed by atoms with Gasteiger partial charge >= 0.3 is 12.1 Å². The van der Waals surface area contributed by atoms with Crippen LogP contribution in [-0.2, 0) is 24.4 Å². The number of rotatable bonds is 6. The molecule has 2 aromatic heterocycles. The van der Waals surface area contributed by atoms with E-state index >= 15 is 0 Å². The summed E-state index contributed by atoms with van der Waals surface area (Å²) in [5.74, 6) is -0.150. The van der Waals surface area contributed by atoms with Gasteiger partial charge in [-0.15, -0.1) is 0 Å². The van der Waals surface area contributed by atoms with E-state index in [9.17, 15) is 9.59 Å². The summed E-state index contributed by atoms with van der Waals surface area (Å²) in [5, 5.41) is 4.56. The third-order valence-corrected chi connectivity index (χ3v) is 8.97. The second kappa shape index (κ2) is 11.3. The van der Waals surface area contributed by atoms with Gasteiger partial charge in [-0.05, 0) is 63.0 Å². The molecule has 6 rings (SSSR count). The van der Waals surface area contributed by atoms with E-state index in [4.69, 9.17) is 14.2 Å². The lowest BCUT2D eigenvalue weighted by Gasteiger charge is -2.41. The number of piperidine rings is 1. The molecule has 0 unspecified atom stereocenters. The van der Waals surface area contributed by atoms with Crippen molar-refractivity contribution in [2.24, 2.45) is 0 Å². The minimum absolute atomic E-state index is 0.113. The standard InChI is InChI=1S/C31H39N5O5/c1-22(2)33-12-9-31(10-13-33,29(37)39-3)25-6-4-23(5-7-25)24-18-28-27(8-11-32-36(28)19-24)34-14-16-35(17-15-34)30(38)41-26-20-40-21-26/h4-8,11,18-19,22,26H,9-10,12-17,20-21H2,1-3H3. The molecule has 0 aliphatic carbocycles. The number of fused-ring (bicyclic) bond motifs is 1. The summed E-state index contributed by atoms with van der Waals surface area (Å²) in [6.07, 6.45) is 4.99. The molecule has 3 aliphatic rings. The van der Waals surface area contributed by atoms with Gasteiger partial charge in [0, 0.05) is 50.2 Å². The fraction of sp³-hybridized carbons (Fsp3) is 0.516. The minimum atomic E-state index is -0.612. The largest absolute Gasteiger partial charge is 0.468 e. The van der Waals surface area contributed by atoms with Crippen LogP contribution in [0.2, 0.25) is 0 Å². The first-order chi connectivity index (χ1) is 19.9. The zero-order valence-electron chi connectivity index (χ0n) is 24.1. The molecule has 0 radical (unpaired) electrons. The zero-order valence-corrected chi connectivity index (χ0v) is 24.1. The van der Waals surface area contributed by atoms with Crippen molar-refractivity contribution in [1.29, 1.82) is 0 Å². The van der Waals surface area contributed by atoms with Crippen molar-refractivity contribution in [1.82, 2.24) is 19.4 Å². The monoisotopic (exact) mass is 561 g/mol. The van der Waals surface area contributed by atoms with Gasteiger partial charge in [0.05, 0.1) is 36.9 Å². The number of ether oxygens (including phenoxy) is 3. The number of aromatic nitrogens is 2. The maximum Gasteiger partial charge on any atom is 0.410 e. The maximum atomic E-state index is 13.1. The van der Waals surface area contributed by atoms with E-state index in [0.29, 0.717) is 32.3 Å². The predicted molar refractivity (Wildman–Crippen MR) is 155 cm³/mol. The number of anilines is 1. The number of esters is 1. The van der Waals surface area contributed by atoms with Crippen LogP contribution in [0.25, 0.3) is 16.6 Å². The summed E-state index contributed by atoms with van der Waals surface area (Å²) in [4.78, 5) is 32.0. The number of nitrogens with zero attached hydrogens (tertiary/aromatic N) is 5. The van der Waals surface area contributed by atoms with Gasteiger partial charge in [-0.1, -0.05) is 24.3 Å². The number of hydrogen-bond donors (Lipinski definition) is 0. The molecule has 218 valence electrons. The summed E-state index contributed by atoms with van der Waals surface area (Å²) in [6.45, 7) is 9.77. The van der Waals surface area contributed by atoms with Crippen molar-refractivity contribution in [2.45, 2.75) is 44.2 Å². The van der Waals surface area contributed by atoms with E-state index in [-0.39, 0.29) is 18.2 Å². The molecule has 0 atom stereocenters. The van der Waals surface area contributed by atoms with Crippen LogP contribution >= 0.6 is 0 Å². The Balaban J connectivity index is 1.18. The normalized spacial score (nSPS) is 19.8. The minimum Gasteiger partial charge on any atom is -0.468 e. The first-order valence-corrected chi connectivity index (χ1v) is 14.6. The quantitative estimate of drug-likeness (QED) is 0.422. The Bertz CT molecular complexity index is 1380. The Kier molecular flexibility index (Phi) is 7.61. The number of amides is 1. The Hall–Kier alpha value is -3.63. The van der Waals surface area contributed by atoms with Crippen LogP contribution in [-0.4, -0.2) is 103 Å². The highest BCUT2D eigenvalue weighted by Gasteiger charge is 2.44.